The number of hydrogen-bond donors (Lipinski definition) is 2. The maximum atomic E-state index is 14.7. The topological polar surface area (TPSA) is 91.6 Å². The van der Waals surface area contributed by atoms with E-state index < -0.39 is 29.7 Å². The summed E-state index contributed by atoms with van der Waals surface area (Å²) < 4.78 is 16.3. The third-order valence-electron chi connectivity index (χ3n) is 7.32. The molecule has 2 N–H and O–H groups in total. The molecule has 5 rings (SSSR count). The zero-order chi connectivity index (χ0) is 25.4. The van der Waals surface area contributed by atoms with Gasteiger partial charge in [0, 0.05) is 42.8 Å². The molecule has 0 saturated carbocycles. The predicted octanol–water partition coefficient (Wildman–Crippen LogP) is 2.98. The first-order valence-corrected chi connectivity index (χ1v) is 12.2. The van der Waals surface area contributed by atoms with Crippen molar-refractivity contribution in [2.45, 2.75) is 32.0 Å². The fraction of sp³-hybridized carbons (Fsp3) is 0.321. The number of fused-ring (bicyclic) bond motifs is 3. The second-order valence-corrected chi connectivity index (χ2v) is 9.34. The summed E-state index contributed by atoms with van der Waals surface area (Å²) in [4.78, 5) is 41.9. The standard InChI is InChI=1S/C28H28FN3O4/c1-2-14-30-26(34)25-21(16-33)20-15-31-23(13-12-18(27(31)35)17-8-4-3-5-9-17)24(20)32(25)28(36)19-10-6-7-11-22(19)29/h3-13,20-21,24-25,33H,2,14-16H2,1H3,(H,30,34)/t20-,21-,24+,25-/m0/s1. The summed E-state index contributed by atoms with van der Waals surface area (Å²) in [6.45, 7) is 2.24. The van der Waals surface area contributed by atoms with Crippen LogP contribution in [0, 0.1) is 17.7 Å². The number of amides is 2. The van der Waals surface area contributed by atoms with Crippen molar-refractivity contribution >= 4 is 11.8 Å². The van der Waals surface area contributed by atoms with Crippen LogP contribution in [0.15, 0.2) is 71.5 Å². The highest BCUT2D eigenvalue weighted by atomic mass is 19.1. The van der Waals surface area contributed by atoms with E-state index in [1.165, 1.54) is 23.1 Å². The van der Waals surface area contributed by atoms with Gasteiger partial charge < -0.3 is 19.9 Å². The van der Waals surface area contributed by atoms with Gasteiger partial charge in [0.1, 0.15) is 11.9 Å². The van der Waals surface area contributed by atoms with E-state index in [0.29, 0.717) is 24.2 Å². The third-order valence-corrected chi connectivity index (χ3v) is 7.32. The first-order chi connectivity index (χ1) is 17.5. The van der Waals surface area contributed by atoms with Crippen molar-refractivity contribution in [2.75, 3.05) is 13.2 Å². The predicted molar refractivity (Wildman–Crippen MR) is 133 cm³/mol. The Labute approximate surface area is 208 Å². The molecule has 8 heteroatoms. The number of aliphatic hydroxyl groups is 1. The molecule has 2 aliphatic rings. The van der Waals surface area contributed by atoms with Gasteiger partial charge >= 0.3 is 0 Å². The van der Waals surface area contributed by atoms with Gasteiger partial charge in [-0.05, 0) is 36.2 Å². The molecule has 186 valence electrons. The Hall–Kier alpha value is -3.78. The maximum Gasteiger partial charge on any atom is 0.258 e. The molecule has 7 nitrogen and oxygen atoms in total. The van der Waals surface area contributed by atoms with Crippen molar-refractivity contribution in [3.05, 3.63) is 94.2 Å². The number of rotatable bonds is 6. The SMILES string of the molecule is CCCNC(=O)[C@@H]1[C@@H](CO)[C@@H]2Cn3c(ccc(-c4ccccc4)c3=O)[C@@H]2N1C(=O)c1ccccc1F. The molecule has 3 heterocycles. The van der Waals surface area contributed by atoms with Gasteiger partial charge in [0.2, 0.25) is 5.91 Å². The summed E-state index contributed by atoms with van der Waals surface area (Å²) in [5.74, 6) is -2.69. The number of aliphatic hydroxyl groups excluding tert-OH is 1. The zero-order valence-electron chi connectivity index (χ0n) is 19.9. The number of nitrogens with one attached hydrogen (secondary N) is 1. The van der Waals surface area contributed by atoms with E-state index in [4.69, 9.17) is 0 Å². The number of carbonyl (C=O) groups is 2. The van der Waals surface area contributed by atoms with Crippen molar-refractivity contribution in [3.8, 4) is 11.1 Å². The molecule has 36 heavy (non-hydrogen) atoms. The molecule has 2 aliphatic heterocycles. The molecule has 4 atom stereocenters. The van der Waals surface area contributed by atoms with Gasteiger partial charge in [-0.15, -0.1) is 0 Å². The molecule has 0 radical (unpaired) electrons. The van der Waals surface area contributed by atoms with E-state index in [9.17, 15) is 23.9 Å². The Bertz CT molecular complexity index is 1360. The van der Waals surface area contributed by atoms with Crippen LogP contribution in [-0.4, -0.2) is 45.6 Å². The monoisotopic (exact) mass is 489 g/mol. The van der Waals surface area contributed by atoms with E-state index in [1.54, 1.807) is 22.8 Å². The van der Waals surface area contributed by atoms with Gasteiger partial charge in [0.05, 0.1) is 11.6 Å². The molecular weight excluding hydrogens is 461 g/mol. The summed E-state index contributed by atoms with van der Waals surface area (Å²) >= 11 is 0. The smallest absolute Gasteiger partial charge is 0.258 e. The van der Waals surface area contributed by atoms with E-state index in [1.807, 2.05) is 37.3 Å². The number of aromatic nitrogens is 1. The summed E-state index contributed by atoms with van der Waals surface area (Å²) in [7, 11) is 0. The minimum atomic E-state index is -0.985. The lowest BCUT2D eigenvalue weighted by Gasteiger charge is -2.31. The summed E-state index contributed by atoms with van der Waals surface area (Å²) in [6.07, 6.45) is 0.705. The second-order valence-electron chi connectivity index (χ2n) is 9.34. The highest BCUT2D eigenvalue weighted by Gasteiger charge is 2.57. The number of hydrogen-bond acceptors (Lipinski definition) is 4. The van der Waals surface area contributed by atoms with Crippen LogP contribution in [0.1, 0.15) is 35.4 Å². The molecule has 1 fully saturated rings. The fourth-order valence-corrected chi connectivity index (χ4v) is 5.67. The molecule has 2 aromatic carbocycles. The van der Waals surface area contributed by atoms with Gasteiger partial charge in [-0.25, -0.2) is 4.39 Å². The lowest BCUT2D eigenvalue weighted by atomic mass is 9.88. The van der Waals surface area contributed by atoms with E-state index in [2.05, 4.69) is 5.32 Å². The van der Waals surface area contributed by atoms with Crippen LogP contribution in [0.25, 0.3) is 11.1 Å². The normalized spacial score (nSPS) is 22.2. The van der Waals surface area contributed by atoms with Gasteiger partial charge in [-0.2, -0.15) is 0 Å². The second kappa shape index (κ2) is 9.70. The lowest BCUT2D eigenvalue weighted by molar-refractivity contribution is -0.126. The Morgan fingerprint density at radius 3 is 2.47 bits per heavy atom. The minimum Gasteiger partial charge on any atom is -0.396 e. The average Bonchev–Trinajstić information content (AvgIpc) is 3.43. The Morgan fingerprint density at radius 2 is 1.78 bits per heavy atom. The van der Waals surface area contributed by atoms with Gasteiger partial charge in [-0.3, -0.25) is 14.4 Å². The van der Waals surface area contributed by atoms with E-state index in [-0.39, 0.29) is 36.1 Å². The number of benzene rings is 2. The van der Waals surface area contributed by atoms with Gasteiger partial charge in [0.15, 0.2) is 0 Å². The summed E-state index contributed by atoms with van der Waals surface area (Å²) in [5.41, 5.74) is 1.55. The van der Waals surface area contributed by atoms with Crippen LogP contribution in [0.3, 0.4) is 0 Å². The lowest BCUT2D eigenvalue weighted by Crippen LogP contribution is -2.50. The van der Waals surface area contributed by atoms with Crippen LogP contribution in [0.2, 0.25) is 0 Å². The van der Waals surface area contributed by atoms with Crippen LogP contribution >= 0.6 is 0 Å². The molecule has 0 spiro atoms. The molecule has 2 amide bonds. The molecule has 1 saturated heterocycles. The quantitative estimate of drug-likeness (QED) is 0.557. The Morgan fingerprint density at radius 1 is 1.06 bits per heavy atom. The van der Waals surface area contributed by atoms with Crippen LogP contribution in [-0.2, 0) is 11.3 Å². The van der Waals surface area contributed by atoms with Crippen LogP contribution < -0.4 is 10.9 Å². The first kappa shape index (κ1) is 23.9. The number of carbonyl (C=O) groups excluding carboxylic acids is 2. The average molecular weight is 490 g/mol. The number of likely N-dealkylation sites (tertiary alicyclic amines) is 1. The van der Waals surface area contributed by atoms with Crippen molar-refractivity contribution < 1.29 is 19.1 Å². The molecule has 3 aromatic rings. The molecule has 0 bridgehead atoms. The Kier molecular flexibility index (Phi) is 6.45. The molecule has 1 aromatic heterocycles. The van der Waals surface area contributed by atoms with Gasteiger partial charge in [-0.1, -0.05) is 49.4 Å². The zero-order valence-corrected chi connectivity index (χ0v) is 19.9. The van der Waals surface area contributed by atoms with Crippen molar-refractivity contribution in [3.63, 3.8) is 0 Å². The fourth-order valence-electron chi connectivity index (χ4n) is 5.67. The van der Waals surface area contributed by atoms with Gasteiger partial charge in [0.25, 0.3) is 11.5 Å². The van der Waals surface area contributed by atoms with Crippen molar-refractivity contribution in [1.29, 1.82) is 0 Å². The minimum absolute atomic E-state index is 0.148. The number of nitrogens with zero attached hydrogens (tertiary/aromatic N) is 2. The highest BCUT2D eigenvalue weighted by Crippen LogP contribution is 2.50. The Balaban J connectivity index is 1.63. The molecule has 0 unspecified atom stereocenters. The third kappa shape index (κ3) is 3.82. The largest absolute Gasteiger partial charge is 0.396 e. The summed E-state index contributed by atoms with van der Waals surface area (Å²) in [5, 5.41) is 13.2. The molecular formula is C28H28FN3O4. The van der Waals surface area contributed by atoms with E-state index >= 15 is 0 Å². The highest BCUT2D eigenvalue weighted by molar-refractivity contribution is 5.98. The number of pyridine rings is 1. The number of halogens is 1. The van der Waals surface area contributed by atoms with Crippen molar-refractivity contribution in [2.24, 2.45) is 11.8 Å². The molecule has 0 aliphatic carbocycles. The maximum absolute atomic E-state index is 14.7. The summed E-state index contributed by atoms with van der Waals surface area (Å²) in [6, 6.07) is 16.9. The van der Waals surface area contributed by atoms with Crippen molar-refractivity contribution in [1.82, 2.24) is 14.8 Å². The van der Waals surface area contributed by atoms with E-state index in [0.717, 1.165) is 5.56 Å². The van der Waals surface area contributed by atoms with Crippen LogP contribution in [0.5, 0.6) is 0 Å². The van der Waals surface area contributed by atoms with Crippen LogP contribution in [0.4, 0.5) is 4.39 Å². The first-order valence-electron chi connectivity index (χ1n) is 12.2.